The number of carbonyl (C=O) groups excluding carboxylic acids is 1. The van der Waals surface area contributed by atoms with E-state index in [4.69, 9.17) is 15.2 Å². The SMILES string of the molecule is Cc1ccc(C#N)c(N2CCC(CC(=O)O)CC2)n1.O=CC(F)(F)F. The van der Waals surface area contributed by atoms with Crippen molar-refractivity contribution in [1.29, 1.82) is 5.26 Å². The lowest BCUT2D eigenvalue weighted by Gasteiger charge is -2.32. The van der Waals surface area contributed by atoms with Gasteiger partial charge in [0.25, 0.3) is 0 Å². The van der Waals surface area contributed by atoms with Crippen LogP contribution in [0.15, 0.2) is 12.1 Å². The Kier molecular flexibility index (Phi) is 7.36. The van der Waals surface area contributed by atoms with Crippen LogP contribution < -0.4 is 4.90 Å². The number of anilines is 1. The van der Waals surface area contributed by atoms with Crippen molar-refractivity contribution in [2.45, 2.75) is 32.4 Å². The number of aryl methyl sites for hydroxylation is 1. The van der Waals surface area contributed by atoms with Gasteiger partial charge in [-0.1, -0.05) is 0 Å². The number of hydrogen-bond donors (Lipinski definition) is 1. The normalized spacial score (nSPS) is 14.9. The maximum absolute atomic E-state index is 10.7. The summed E-state index contributed by atoms with van der Waals surface area (Å²) in [4.78, 5) is 25.9. The van der Waals surface area contributed by atoms with Gasteiger partial charge in [0.15, 0.2) is 0 Å². The number of carboxylic acids is 1. The predicted octanol–water partition coefficient (Wildman–Crippen LogP) is 2.70. The molecule has 0 unspecified atom stereocenters. The largest absolute Gasteiger partial charge is 0.481 e. The summed E-state index contributed by atoms with van der Waals surface area (Å²) in [7, 11) is 0. The molecule has 0 spiro atoms. The first kappa shape index (κ1) is 20.4. The molecule has 0 aliphatic carbocycles. The van der Waals surface area contributed by atoms with Crippen LogP contribution in [-0.4, -0.2) is 41.6 Å². The average molecular weight is 357 g/mol. The zero-order chi connectivity index (χ0) is 19.0. The summed E-state index contributed by atoms with van der Waals surface area (Å²) in [6.45, 7) is 3.44. The van der Waals surface area contributed by atoms with Crippen molar-refractivity contribution in [3.8, 4) is 6.07 Å². The van der Waals surface area contributed by atoms with Crippen molar-refractivity contribution in [1.82, 2.24) is 4.98 Å². The lowest BCUT2D eigenvalue weighted by atomic mass is 9.93. The molecule has 1 aliphatic heterocycles. The standard InChI is InChI=1S/C14H17N3O2.C2HF3O/c1-10-2-3-12(9-15)14(16-10)17-6-4-11(5-7-17)8-13(18)19;3-2(4,5)1-6/h2-3,11H,4-8H2,1H3,(H,18,19);1H. The molecule has 9 heteroatoms. The molecule has 0 aromatic carbocycles. The van der Waals surface area contributed by atoms with Gasteiger partial charge in [-0.3, -0.25) is 9.59 Å². The van der Waals surface area contributed by atoms with Gasteiger partial charge in [-0.25, -0.2) is 4.98 Å². The molecule has 0 bridgehead atoms. The highest BCUT2D eigenvalue weighted by atomic mass is 19.4. The van der Waals surface area contributed by atoms with Crippen molar-refractivity contribution in [2.24, 2.45) is 5.92 Å². The van der Waals surface area contributed by atoms with Crippen LogP contribution in [0.1, 0.15) is 30.5 Å². The second-order valence-corrected chi connectivity index (χ2v) is 5.62. The van der Waals surface area contributed by atoms with Crippen LogP contribution in [0, 0.1) is 24.2 Å². The molecule has 2 rings (SSSR count). The van der Waals surface area contributed by atoms with Crippen LogP contribution in [0.3, 0.4) is 0 Å². The Balaban J connectivity index is 0.000000450. The number of piperidine rings is 1. The molecule has 0 radical (unpaired) electrons. The fourth-order valence-corrected chi connectivity index (χ4v) is 2.47. The van der Waals surface area contributed by atoms with Crippen molar-refractivity contribution in [3.05, 3.63) is 23.4 Å². The first-order chi connectivity index (χ1) is 11.7. The summed E-state index contributed by atoms with van der Waals surface area (Å²) in [5, 5.41) is 17.9. The summed E-state index contributed by atoms with van der Waals surface area (Å²) in [5.74, 6) is 0.241. The molecule has 0 amide bonds. The fraction of sp³-hybridized carbons (Fsp3) is 0.500. The molecule has 25 heavy (non-hydrogen) atoms. The number of carboxylic acid groups (broad SMARTS) is 1. The van der Waals surface area contributed by atoms with Gasteiger partial charge in [-0.2, -0.15) is 18.4 Å². The van der Waals surface area contributed by atoms with Crippen molar-refractivity contribution in [3.63, 3.8) is 0 Å². The molecule has 1 aromatic heterocycles. The van der Waals surface area contributed by atoms with E-state index in [9.17, 15) is 18.0 Å². The van der Waals surface area contributed by atoms with Crippen molar-refractivity contribution in [2.75, 3.05) is 18.0 Å². The number of nitrogens with zero attached hydrogens (tertiary/aromatic N) is 3. The molecule has 1 saturated heterocycles. The predicted molar refractivity (Wildman–Crippen MR) is 83.0 cm³/mol. The summed E-state index contributed by atoms with van der Waals surface area (Å²) < 4.78 is 31.2. The lowest BCUT2D eigenvalue weighted by molar-refractivity contribution is -0.156. The van der Waals surface area contributed by atoms with Gasteiger partial charge in [0.1, 0.15) is 11.9 Å². The number of carbonyl (C=O) groups is 2. The third kappa shape index (κ3) is 7.20. The summed E-state index contributed by atoms with van der Waals surface area (Å²) >= 11 is 0. The molecular formula is C16H18F3N3O3. The first-order valence-corrected chi connectivity index (χ1v) is 7.53. The van der Waals surface area contributed by atoms with E-state index in [0.29, 0.717) is 5.56 Å². The monoisotopic (exact) mass is 357 g/mol. The van der Waals surface area contributed by atoms with Gasteiger partial charge < -0.3 is 10.0 Å². The van der Waals surface area contributed by atoms with E-state index in [2.05, 4.69) is 16.0 Å². The number of halogens is 3. The number of aldehydes is 1. The quantitative estimate of drug-likeness (QED) is 0.836. The highest BCUT2D eigenvalue weighted by Crippen LogP contribution is 2.26. The number of alkyl halides is 3. The Hall–Kier alpha value is -2.63. The zero-order valence-electron chi connectivity index (χ0n) is 13.6. The molecule has 136 valence electrons. The third-order valence-corrected chi connectivity index (χ3v) is 3.65. The van der Waals surface area contributed by atoms with Crippen LogP contribution in [0.2, 0.25) is 0 Å². The molecule has 1 N–H and O–H groups in total. The van der Waals surface area contributed by atoms with Crippen LogP contribution in [0.25, 0.3) is 0 Å². The summed E-state index contributed by atoms with van der Waals surface area (Å²) in [6.07, 6.45) is -3.78. The first-order valence-electron chi connectivity index (χ1n) is 7.53. The number of pyridine rings is 1. The minimum Gasteiger partial charge on any atom is -0.481 e. The fourth-order valence-electron chi connectivity index (χ4n) is 2.47. The molecule has 1 aliphatic rings. The Morgan fingerprint density at radius 1 is 1.44 bits per heavy atom. The number of nitriles is 1. The van der Waals surface area contributed by atoms with Crippen LogP contribution in [-0.2, 0) is 9.59 Å². The lowest BCUT2D eigenvalue weighted by Crippen LogP contribution is -2.35. The average Bonchev–Trinajstić information content (AvgIpc) is 2.55. The Morgan fingerprint density at radius 3 is 2.44 bits per heavy atom. The van der Waals surface area contributed by atoms with E-state index in [1.54, 1.807) is 6.07 Å². The summed E-state index contributed by atoms with van der Waals surface area (Å²) in [5.41, 5.74) is 1.48. The zero-order valence-corrected chi connectivity index (χ0v) is 13.6. The van der Waals surface area contributed by atoms with Crippen LogP contribution >= 0.6 is 0 Å². The molecule has 2 heterocycles. The Bertz CT molecular complexity index is 648. The minimum atomic E-state index is -4.64. The van der Waals surface area contributed by atoms with Gasteiger partial charge in [0.05, 0.1) is 5.56 Å². The van der Waals surface area contributed by atoms with Crippen molar-refractivity contribution < 1.29 is 27.9 Å². The van der Waals surface area contributed by atoms with Crippen LogP contribution in [0.4, 0.5) is 19.0 Å². The van der Waals surface area contributed by atoms with E-state index >= 15 is 0 Å². The maximum atomic E-state index is 10.7. The van der Waals surface area contributed by atoms with Gasteiger partial charge in [-0.05, 0) is 37.8 Å². The van der Waals surface area contributed by atoms with Gasteiger partial charge in [-0.15, -0.1) is 0 Å². The number of aliphatic carboxylic acids is 1. The highest BCUT2D eigenvalue weighted by Gasteiger charge is 2.25. The van der Waals surface area contributed by atoms with E-state index in [0.717, 1.165) is 37.4 Å². The van der Waals surface area contributed by atoms with Crippen LogP contribution in [0.5, 0.6) is 0 Å². The van der Waals surface area contributed by atoms with Gasteiger partial charge in [0.2, 0.25) is 6.29 Å². The molecule has 1 fully saturated rings. The topological polar surface area (TPSA) is 94.3 Å². The van der Waals surface area contributed by atoms with E-state index in [1.807, 2.05) is 13.0 Å². The molecule has 6 nitrogen and oxygen atoms in total. The van der Waals surface area contributed by atoms with Gasteiger partial charge in [0, 0.05) is 25.2 Å². The highest BCUT2D eigenvalue weighted by molar-refractivity contribution is 5.67. The smallest absolute Gasteiger partial charge is 0.446 e. The molecule has 0 atom stereocenters. The molecule has 1 aromatic rings. The Morgan fingerprint density at radius 2 is 2.00 bits per heavy atom. The molecular weight excluding hydrogens is 339 g/mol. The van der Waals surface area contributed by atoms with E-state index in [-0.39, 0.29) is 12.3 Å². The van der Waals surface area contributed by atoms with Gasteiger partial charge >= 0.3 is 12.1 Å². The second-order valence-electron chi connectivity index (χ2n) is 5.62. The van der Waals surface area contributed by atoms with Crippen molar-refractivity contribution >= 4 is 18.1 Å². The maximum Gasteiger partial charge on any atom is 0.446 e. The van der Waals surface area contributed by atoms with E-state index < -0.39 is 18.4 Å². The molecule has 0 saturated carbocycles. The minimum absolute atomic E-state index is 0.236. The Labute approximate surface area is 142 Å². The second kappa shape index (κ2) is 9.01. The summed E-state index contributed by atoms with van der Waals surface area (Å²) in [6, 6.07) is 5.79. The number of rotatable bonds is 3. The number of aromatic nitrogens is 1. The third-order valence-electron chi connectivity index (χ3n) is 3.65. The number of hydrogen-bond acceptors (Lipinski definition) is 5. The van der Waals surface area contributed by atoms with E-state index in [1.165, 1.54) is 0 Å².